The number of halogens is 5. The molecule has 1 rings (SSSR count). The molecule has 0 heterocycles. The Kier molecular flexibility index (Phi) is 2.59. The van der Waals surface area contributed by atoms with Gasteiger partial charge in [0.05, 0.1) is 0 Å². The minimum absolute atomic E-state index is 0.477. The SMILES string of the molecule is FC(F)c1cccc([B-](F)(F)F)c1. The lowest BCUT2D eigenvalue weighted by molar-refractivity contribution is 0.151. The molecule has 0 aliphatic carbocycles. The van der Waals surface area contributed by atoms with Gasteiger partial charge in [0.2, 0.25) is 0 Å². The summed E-state index contributed by atoms with van der Waals surface area (Å²) >= 11 is 0. The van der Waals surface area contributed by atoms with Gasteiger partial charge in [-0.3, -0.25) is 0 Å². The summed E-state index contributed by atoms with van der Waals surface area (Å²) in [6, 6.07) is 3.21. The molecular formula is C7H5BF5-. The summed E-state index contributed by atoms with van der Waals surface area (Å²) < 4.78 is 60.1. The molecule has 13 heavy (non-hydrogen) atoms. The minimum atomic E-state index is -5.19. The van der Waals surface area contributed by atoms with Crippen molar-refractivity contribution in [3.05, 3.63) is 29.8 Å². The van der Waals surface area contributed by atoms with Crippen LogP contribution in [0.4, 0.5) is 21.7 Å². The smallest absolute Gasteiger partial charge is 0.445 e. The standard InChI is InChI=1S/C7H5BF5/c9-7(10)5-2-1-3-6(4-5)8(11,12)13/h1-4,7H/q-1. The number of hydrogen-bond donors (Lipinski definition) is 0. The normalized spacial score (nSPS) is 12.2. The molecule has 6 heteroatoms. The zero-order valence-electron chi connectivity index (χ0n) is 6.35. The van der Waals surface area contributed by atoms with Crippen molar-refractivity contribution in [3.63, 3.8) is 0 Å². The Hall–Kier alpha value is -1.07. The summed E-state index contributed by atoms with van der Waals surface area (Å²) in [5, 5.41) is 0. The van der Waals surface area contributed by atoms with E-state index in [1.807, 2.05) is 0 Å². The number of alkyl halides is 2. The maximum atomic E-state index is 12.0. The summed E-state index contributed by atoms with van der Waals surface area (Å²) in [6.07, 6.45) is -2.86. The summed E-state index contributed by atoms with van der Waals surface area (Å²) in [6.45, 7) is -5.19. The molecule has 0 radical (unpaired) electrons. The second-order valence-electron chi connectivity index (χ2n) is 2.55. The Balaban J connectivity index is 3.06. The molecule has 1 aromatic rings. The van der Waals surface area contributed by atoms with Crippen LogP contribution >= 0.6 is 0 Å². The van der Waals surface area contributed by atoms with E-state index in [-0.39, 0.29) is 0 Å². The van der Waals surface area contributed by atoms with E-state index in [4.69, 9.17) is 0 Å². The Labute approximate surface area is 71.4 Å². The Morgan fingerprint density at radius 1 is 1.08 bits per heavy atom. The maximum Gasteiger partial charge on any atom is 0.509 e. The van der Waals surface area contributed by atoms with Gasteiger partial charge in [-0.2, -0.15) is 0 Å². The second kappa shape index (κ2) is 3.36. The first-order valence-corrected chi connectivity index (χ1v) is 3.49. The van der Waals surface area contributed by atoms with Gasteiger partial charge in [0.15, 0.2) is 0 Å². The zero-order chi connectivity index (χ0) is 10.1. The van der Waals surface area contributed by atoms with Gasteiger partial charge in [0.25, 0.3) is 6.43 Å². The van der Waals surface area contributed by atoms with Gasteiger partial charge in [0, 0.05) is 5.56 Å². The third kappa shape index (κ3) is 2.43. The molecule has 0 nitrogen and oxygen atoms in total. The van der Waals surface area contributed by atoms with Crippen LogP contribution in [0.2, 0.25) is 0 Å². The second-order valence-corrected chi connectivity index (χ2v) is 2.55. The Bertz CT molecular complexity index is 293. The van der Waals surface area contributed by atoms with E-state index in [0.29, 0.717) is 6.07 Å². The van der Waals surface area contributed by atoms with E-state index in [0.717, 1.165) is 18.2 Å². The third-order valence-electron chi connectivity index (χ3n) is 1.54. The van der Waals surface area contributed by atoms with Crippen molar-refractivity contribution in [2.24, 2.45) is 0 Å². The van der Waals surface area contributed by atoms with Crippen LogP contribution in [0.15, 0.2) is 24.3 Å². The van der Waals surface area contributed by atoms with E-state index < -0.39 is 24.4 Å². The molecule has 0 saturated carbocycles. The van der Waals surface area contributed by atoms with Crippen LogP contribution in [-0.4, -0.2) is 6.98 Å². The molecule has 1 aromatic carbocycles. The van der Waals surface area contributed by atoms with E-state index in [1.54, 1.807) is 0 Å². The molecule has 0 amide bonds. The quantitative estimate of drug-likeness (QED) is 0.502. The summed E-state index contributed by atoms with van der Waals surface area (Å²) in [5.74, 6) is 0. The lowest BCUT2D eigenvalue weighted by Crippen LogP contribution is -2.34. The van der Waals surface area contributed by atoms with E-state index >= 15 is 0 Å². The fourth-order valence-corrected chi connectivity index (χ4v) is 0.898. The first-order valence-electron chi connectivity index (χ1n) is 3.49. The number of hydrogen-bond acceptors (Lipinski definition) is 0. The monoisotopic (exact) mass is 195 g/mol. The van der Waals surface area contributed by atoms with Gasteiger partial charge < -0.3 is 12.9 Å². The molecule has 0 aromatic heterocycles. The summed E-state index contributed by atoms with van der Waals surface area (Å²) in [5.41, 5.74) is -1.59. The number of rotatable bonds is 2. The van der Waals surface area contributed by atoms with Crippen molar-refractivity contribution in [1.82, 2.24) is 0 Å². The zero-order valence-corrected chi connectivity index (χ0v) is 6.35. The van der Waals surface area contributed by atoms with Crippen LogP contribution < -0.4 is 5.46 Å². The average Bonchev–Trinajstić information content (AvgIpc) is 2.03. The fraction of sp³-hybridized carbons (Fsp3) is 0.143. The summed E-state index contributed by atoms with van der Waals surface area (Å²) in [7, 11) is 0. The van der Waals surface area contributed by atoms with Crippen molar-refractivity contribution in [3.8, 4) is 0 Å². The lowest BCUT2D eigenvalue weighted by Gasteiger charge is -2.15. The molecule has 72 valence electrons. The largest absolute Gasteiger partial charge is 0.509 e. The average molecular weight is 195 g/mol. The van der Waals surface area contributed by atoms with E-state index in [2.05, 4.69) is 0 Å². The Morgan fingerprint density at radius 3 is 2.15 bits per heavy atom. The van der Waals surface area contributed by atoms with Crippen LogP contribution in [0.1, 0.15) is 12.0 Å². The van der Waals surface area contributed by atoms with Crippen LogP contribution in [0.5, 0.6) is 0 Å². The van der Waals surface area contributed by atoms with Crippen LogP contribution in [0.25, 0.3) is 0 Å². The van der Waals surface area contributed by atoms with E-state index in [1.165, 1.54) is 0 Å². The molecule has 0 aliphatic heterocycles. The first-order chi connectivity index (χ1) is 5.91. The maximum absolute atomic E-state index is 12.0. The highest BCUT2D eigenvalue weighted by atomic mass is 19.4. The molecule has 0 fully saturated rings. The van der Waals surface area contributed by atoms with Gasteiger partial charge in [-0.1, -0.05) is 24.3 Å². The van der Waals surface area contributed by atoms with Crippen LogP contribution in [-0.2, 0) is 0 Å². The third-order valence-corrected chi connectivity index (χ3v) is 1.54. The highest BCUT2D eigenvalue weighted by Gasteiger charge is 2.26. The van der Waals surface area contributed by atoms with Gasteiger partial charge in [-0.05, 0) is 0 Å². The molecule has 0 N–H and O–H groups in total. The molecule has 0 spiro atoms. The highest BCUT2D eigenvalue weighted by Crippen LogP contribution is 2.18. The molecule has 0 bridgehead atoms. The van der Waals surface area contributed by atoms with Gasteiger partial charge >= 0.3 is 6.98 Å². The topological polar surface area (TPSA) is 0 Å². The summed E-state index contributed by atoms with van der Waals surface area (Å²) in [4.78, 5) is 0. The first kappa shape index (κ1) is 10.0. The van der Waals surface area contributed by atoms with Gasteiger partial charge in [-0.25, -0.2) is 8.78 Å². The van der Waals surface area contributed by atoms with Crippen LogP contribution in [0, 0.1) is 0 Å². The minimum Gasteiger partial charge on any atom is -0.445 e. The van der Waals surface area contributed by atoms with Crippen LogP contribution in [0.3, 0.4) is 0 Å². The van der Waals surface area contributed by atoms with Crippen molar-refractivity contribution in [2.45, 2.75) is 6.43 Å². The Morgan fingerprint density at radius 2 is 1.69 bits per heavy atom. The highest BCUT2D eigenvalue weighted by molar-refractivity contribution is 6.73. The van der Waals surface area contributed by atoms with Crippen molar-refractivity contribution in [2.75, 3.05) is 0 Å². The predicted molar refractivity (Wildman–Crippen MR) is 40.1 cm³/mol. The van der Waals surface area contributed by atoms with Crippen molar-refractivity contribution >= 4 is 12.4 Å². The number of benzene rings is 1. The van der Waals surface area contributed by atoms with E-state index in [9.17, 15) is 21.7 Å². The van der Waals surface area contributed by atoms with Gasteiger partial charge in [-0.15, -0.1) is 5.46 Å². The molecular weight excluding hydrogens is 190 g/mol. The fourth-order valence-electron chi connectivity index (χ4n) is 0.898. The lowest BCUT2D eigenvalue weighted by atomic mass is 9.79. The molecule has 0 atom stereocenters. The molecule has 0 aliphatic rings. The molecule has 0 saturated heterocycles. The van der Waals surface area contributed by atoms with Crippen molar-refractivity contribution < 1.29 is 21.7 Å². The molecule has 0 unspecified atom stereocenters. The van der Waals surface area contributed by atoms with Gasteiger partial charge in [0.1, 0.15) is 0 Å². The van der Waals surface area contributed by atoms with Crippen molar-refractivity contribution in [1.29, 1.82) is 0 Å². The predicted octanol–water partition coefficient (Wildman–Crippen LogP) is 2.68.